The number of alkyl halides is 4. The lowest BCUT2D eigenvalue weighted by Crippen LogP contribution is -2.61. The van der Waals surface area contributed by atoms with Crippen LogP contribution in [0.5, 0.6) is 0 Å². The molecule has 0 aromatic rings. The number of carbonyl (C=O) groups is 1. The molecule has 2 atom stereocenters. The number of esters is 1. The van der Waals surface area contributed by atoms with Gasteiger partial charge in [0, 0.05) is 0 Å². The summed E-state index contributed by atoms with van der Waals surface area (Å²) in [7, 11) is -6.56. The minimum absolute atomic E-state index is 0.234. The first-order valence-corrected chi connectivity index (χ1v) is 11.4. The van der Waals surface area contributed by atoms with E-state index in [4.69, 9.17) is 9.47 Å². The molecular formula is C19H27F4O6S-. The normalized spacial score (nSPS) is 34.3. The van der Waals surface area contributed by atoms with Crippen molar-refractivity contribution in [3.05, 3.63) is 0 Å². The molecule has 0 aliphatic heterocycles. The van der Waals surface area contributed by atoms with Gasteiger partial charge in [0.2, 0.25) is 0 Å². The Morgan fingerprint density at radius 3 is 2.07 bits per heavy atom. The van der Waals surface area contributed by atoms with Crippen molar-refractivity contribution in [1.29, 1.82) is 0 Å². The third kappa shape index (κ3) is 4.21. The standard InChI is InChI=1S/C19H28F4O6S/c1-15(2,3)29-17-9-12-6-13(10-17)8-16(7-12,11-17)14(24)28-5-4-18(20,21)19(22,23)30(25,26)27/h12-13H,4-11H2,1-3H3,(H,25,26,27)/p-1. The molecule has 0 N–H and O–H groups in total. The van der Waals surface area contributed by atoms with E-state index in [9.17, 15) is 35.3 Å². The molecule has 4 saturated carbocycles. The van der Waals surface area contributed by atoms with Crippen LogP contribution in [-0.2, 0) is 24.4 Å². The first kappa shape index (κ1) is 23.7. The molecule has 0 heterocycles. The van der Waals surface area contributed by atoms with Gasteiger partial charge in [-0.1, -0.05) is 0 Å². The molecule has 0 saturated heterocycles. The summed E-state index contributed by atoms with van der Waals surface area (Å²) in [5, 5.41) is -5.78. The predicted octanol–water partition coefficient (Wildman–Crippen LogP) is 3.85. The summed E-state index contributed by atoms with van der Waals surface area (Å²) in [5.41, 5.74) is -1.86. The number of halogens is 4. The Morgan fingerprint density at radius 2 is 1.60 bits per heavy atom. The van der Waals surface area contributed by atoms with Gasteiger partial charge < -0.3 is 14.0 Å². The fraction of sp³-hybridized carbons (Fsp3) is 0.947. The molecule has 0 aromatic heterocycles. The van der Waals surface area contributed by atoms with Gasteiger partial charge in [0.1, 0.15) is 0 Å². The van der Waals surface area contributed by atoms with E-state index in [1.807, 2.05) is 20.8 Å². The Hall–Kier alpha value is -0.940. The topological polar surface area (TPSA) is 92.7 Å². The van der Waals surface area contributed by atoms with Crippen LogP contribution in [0.2, 0.25) is 0 Å². The van der Waals surface area contributed by atoms with E-state index in [-0.39, 0.29) is 11.8 Å². The molecule has 4 bridgehead atoms. The van der Waals surface area contributed by atoms with Gasteiger partial charge in [0.05, 0.1) is 29.6 Å². The maximum Gasteiger partial charge on any atom is 0.396 e. The van der Waals surface area contributed by atoms with E-state index in [1.54, 1.807) is 0 Å². The summed E-state index contributed by atoms with van der Waals surface area (Å²) >= 11 is 0. The van der Waals surface area contributed by atoms with Gasteiger partial charge in [0.25, 0.3) is 0 Å². The number of carbonyl (C=O) groups excluding carboxylic acids is 1. The molecular weight excluding hydrogens is 432 g/mol. The van der Waals surface area contributed by atoms with Gasteiger partial charge in [-0.2, -0.15) is 17.6 Å². The number of hydrogen-bond donors (Lipinski definition) is 0. The molecule has 4 fully saturated rings. The highest BCUT2D eigenvalue weighted by atomic mass is 32.2. The lowest BCUT2D eigenvalue weighted by molar-refractivity contribution is -0.238. The van der Waals surface area contributed by atoms with Gasteiger partial charge in [-0.15, -0.1) is 0 Å². The Morgan fingerprint density at radius 1 is 1.07 bits per heavy atom. The summed E-state index contributed by atoms with van der Waals surface area (Å²) in [5.74, 6) is -5.43. The van der Waals surface area contributed by atoms with Crippen LogP contribution in [0.1, 0.15) is 65.7 Å². The van der Waals surface area contributed by atoms with Crippen molar-refractivity contribution in [1.82, 2.24) is 0 Å². The van der Waals surface area contributed by atoms with Gasteiger partial charge in [-0.25, -0.2) is 8.42 Å². The van der Waals surface area contributed by atoms with E-state index >= 15 is 0 Å². The Bertz CT molecular complexity index is 790. The SMILES string of the molecule is CC(C)(C)OC12CC3CC(C1)CC(C(=O)OCCC(F)(F)C(F)(F)S(=O)(=O)[O-])(C3)C2. The van der Waals surface area contributed by atoms with Crippen LogP contribution in [0.4, 0.5) is 17.6 Å². The van der Waals surface area contributed by atoms with Crippen molar-refractivity contribution in [2.45, 2.75) is 88.1 Å². The van der Waals surface area contributed by atoms with Crippen LogP contribution in [-0.4, -0.2) is 47.9 Å². The minimum atomic E-state index is -6.56. The van der Waals surface area contributed by atoms with E-state index in [0.29, 0.717) is 19.3 Å². The molecule has 4 rings (SSSR count). The van der Waals surface area contributed by atoms with Crippen LogP contribution in [0.25, 0.3) is 0 Å². The quantitative estimate of drug-likeness (QED) is 0.326. The molecule has 2 unspecified atom stereocenters. The molecule has 0 aromatic carbocycles. The van der Waals surface area contributed by atoms with Crippen molar-refractivity contribution in [2.24, 2.45) is 17.3 Å². The monoisotopic (exact) mass is 459 g/mol. The van der Waals surface area contributed by atoms with Crippen molar-refractivity contribution < 1.29 is 44.8 Å². The van der Waals surface area contributed by atoms with Crippen molar-refractivity contribution in [2.75, 3.05) is 6.61 Å². The zero-order valence-corrected chi connectivity index (χ0v) is 18.0. The fourth-order valence-corrected chi connectivity index (χ4v) is 6.41. The maximum absolute atomic E-state index is 13.6. The molecule has 174 valence electrons. The lowest BCUT2D eigenvalue weighted by atomic mass is 9.47. The first-order valence-electron chi connectivity index (χ1n) is 9.99. The van der Waals surface area contributed by atoms with Gasteiger partial charge in [0.15, 0.2) is 10.1 Å². The fourth-order valence-electron chi connectivity index (χ4n) is 5.94. The molecule has 11 heteroatoms. The first-order chi connectivity index (χ1) is 13.4. The third-order valence-electron chi connectivity index (χ3n) is 6.35. The summed E-state index contributed by atoms with van der Waals surface area (Å²) in [6.07, 6.45) is 2.24. The summed E-state index contributed by atoms with van der Waals surface area (Å²) in [6.45, 7) is 4.65. The molecule has 0 radical (unpaired) electrons. The molecule has 0 spiro atoms. The number of hydrogen-bond acceptors (Lipinski definition) is 6. The van der Waals surface area contributed by atoms with Gasteiger partial charge >= 0.3 is 17.1 Å². The summed E-state index contributed by atoms with van der Waals surface area (Å²) < 4.78 is 96.4. The lowest BCUT2D eigenvalue weighted by Gasteiger charge is -2.61. The molecule has 6 nitrogen and oxygen atoms in total. The highest BCUT2D eigenvalue weighted by Gasteiger charge is 2.64. The van der Waals surface area contributed by atoms with Crippen LogP contribution in [0.15, 0.2) is 0 Å². The highest BCUT2D eigenvalue weighted by molar-refractivity contribution is 7.86. The summed E-state index contributed by atoms with van der Waals surface area (Å²) in [4.78, 5) is 12.8. The van der Waals surface area contributed by atoms with Crippen LogP contribution < -0.4 is 0 Å². The smallest absolute Gasteiger partial charge is 0.396 e. The Labute approximate surface area is 173 Å². The van der Waals surface area contributed by atoms with Gasteiger partial charge in [-0.3, -0.25) is 4.79 Å². The zero-order chi connectivity index (χ0) is 22.8. The zero-order valence-electron chi connectivity index (χ0n) is 17.2. The molecule has 4 aliphatic carbocycles. The van der Waals surface area contributed by atoms with Crippen LogP contribution in [0.3, 0.4) is 0 Å². The van der Waals surface area contributed by atoms with E-state index < -0.39 is 56.9 Å². The van der Waals surface area contributed by atoms with Crippen LogP contribution >= 0.6 is 0 Å². The Balaban J connectivity index is 1.69. The number of ether oxygens (including phenoxy) is 2. The van der Waals surface area contributed by atoms with Crippen molar-refractivity contribution in [3.8, 4) is 0 Å². The average molecular weight is 459 g/mol. The van der Waals surface area contributed by atoms with E-state index in [2.05, 4.69) is 0 Å². The maximum atomic E-state index is 13.6. The molecule has 4 aliphatic rings. The van der Waals surface area contributed by atoms with Crippen molar-refractivity contribution in [3.63, 3.8) is 0 Å². The van der Waals surface area contributed by atoms with Crippen LogP contribution in [0, 0.1) is 17.3 Å². The third-order valence-corrected chi connectivity index (χ3v) is 7.28. The second-order valence-corrected chi connectivity index (χ2v) is 11.6. The number of rotatable bonds is 7. The minimum Gasteiger partial charge on any atom is -0.743 e. The predicted molar refractivity (Wildman–Crippen MR) is 95.9 cm³/mol. The Kier molecular flexibility index (Phi) is 5.56. The van der Waals surface area contributed by atoms with E-state index in [0.717, 1.165) is 19.3 Å². The van der Waals surface area contributed by atoms with Gasteiger partial charge in [-0.05, 0) is 71.1 Å². The largest absolute Gasteiger partial charge is 0.743 e. The summed E-state index contributed by atoms with van der Waals surface area (Å²) in [6, 6.07) is 0. The second-order valence-electron chi connectivity index (χ2n) is 10.2. The van der Waals surface area contributed by atoms with Crippen molar-refractivity contribution >= 4 is 16.1 Å². The second kappa shape index (κ2) is 7.03. The molecule has 0 amide bonds. The molecule has 30 heavy (non-hydrogen) atoms. The highest BCUT2D eigenvalue weighted by Crippen LogP contribution is 2.63. The van der Waals surface area contributed by atoms with E-state index in [1.165, 1.54) is 0 Å². The average Bonchev–Trinajstić information content (AvgIpc) is 2.49.